The Morgan fingerprint density at radius 2 is 0.485 bits per heavy atom. The van der Waals surface area contributed by atoms with Crippen molar-refractivity contribution in [3.63, 3.8) is 0 Å². The fourth-order valence-corrected chi connectivity index (χ4v) is 13.8. The van der Waals surface area contributed by atoms with Crippen molar-refractivity contribution in [3.8, 4) is 0 Å². The van der Waals surface area contributed by atoms with Crippen LogP contribution in [-0.4, -0.2) is 96.7 Å². The van der Waals surface area contributed by atoms with Crippen LogP contribution < -0.4 is 0 Å². The van der Waals surface area contributed by atoms with Gasteiger partial charge in [0.15, 0.2) is 12.2 Å². The number of unbranched alkanes of at least 4 members (excludes halogenated alkanes) is 41. The second-order valence-electron chi connectivity index (χ2n) is 30.2. The molecule has 0 heterocycles. The number of carbonyl (C=O) groups is 4. The van der Waals surface area contributed by atoms with E-state index < -0.39 is 97.5 Å². The molecule has 17 nitrogen and oxygen atoms in total. The molecule has 588 valence electrons. The monoisotopic (exact) mass is 1450 g/mol. The van der Waals surface area contributed by atoms with Gasteiger partial charge in [0.05, 0.1) is 26.4 Å². The van der Waals surface area contributed by atoms with Gasteiger partial charge in [-0.1, -0.05) is 357 Å². The maximum Gasteiger partial charge on any atom is 0.472 e. The number of hydrogen-bond donors (Lipinski definition) is 3. The standard InChI is InChI=1S/C80H156O17P2/c1-9-72(7)58-50-42-34-28-24-20-15-13-11-12-14-16-21-25-29-35-44-52-60-77(82)90-66-75(96-79(84)62-54-46-36-30-26-22-18-17-19-23-27-32-40-48-56-70(3)4)68-94-98(86,87)92-64-74(81)65-93-99(88,89)95-69-76(97-80(85)63-55-47-39-38-43-51-59-73(8)10-2)67-91-78(83)61-53-45-37-31-33-41-49-57-71(5)6/h70-76,81H,9-69H2,1-8H3,(H,86,87)(H,88,89)/t72?,73?,74?,75-,76-/m1/s1. The van der Waals surface area contributed by atoms with Gasteiger partial charge in [0.1, 0.15) is 19.3 Å². The van der Waals surface area contributed by atoms with E-state index in [0.717, 1.165) is 114 Å². The molecule has 0 bridgehead atoms. The van der Waals surface area contributed by atoms with E-state index in [4.69, 9.17) is 37.0 Å². The summed E-state index contributed by atoms with van der Waals surface area (Å²) in [5, 5.41) is 10.6. The molecule has 0 aliphatic rings. The molecule has 99 heavy (non-hydrogen) atoms. The van der Waals surface area contributed by atoms with E-state index in [1.807, 2.05) is 0 Å². The third-order valence-corrected chi connectivity index (χ3v) is 21.2. The van der Waals surface area contributed by atoms with Crippen molar-refractivity contribution in [3.05, 3.63) is 0 Å². The smallest absolute Gasteiger partial charge is 0.462 e. The average Bonchev–Trinajstić information content (AvgIpc) is 1.04. The fourth-order valence-electron chi connectivity index (χ4n) is 12.2. The molecule has 0 spiro atoms. The van der Waals surface area contributed by atoms with E-state index in [9.17, 15) is 43.2 Å². The van der Waals surface area contributed by atoms with E-state index in [-0.39, 0.29) is 25.7 Å². The van der Waals surface area contributed by atoms with Gasteiger partial charge < -0.3 is 33.8 Å². The first kappa shape index (κ1) is 97.1. The van der Waals surface area contributed by atoms with Crippen LogP contribution in [0.1, 0.15) is 409 Å². The number of phosphoric ester groups is 2. The molecule has 0 aromatic rings. The summed E-state index contributed by atoms with van der Waals surface area (Å²) in [7, 11) is -9.92. The van der Waals surface area contributed by atoms with Gasteiger partial charge in [0.25, 0.3) is 0 Å². The van der Waals surface area contributed by atoms with Gasteiger partial charge in [-0.05, 0) is 49.4 Å². The van der Waals surface area contributed by atoms with Crippen LogP contribution in [0.3, 0.4) is 0 Å². The van der Waals surface area contributed by atoms with Gasteiger partial charge in [-0.3, -0.25) is 37.3 Å². The highest BCUT2D eigenvalue weighted by molar-refractivity contribution is 7.47. The Balaban J connectivity index is 5.18. The van der Waals surface area contributed by atoms with Crippen LogP contribution >= 0.6 is 15.6 Å². The van der Waals surface area contributed by atoms with Crippen LogP contribution in [0, 0.1) is 23.7 Å². The number of rotatable bonds is 77. The van der Waals surface area contributed by atoms with Crippen molar-refractivity contribution >= 4 is 39.5 Å². The molecular formula is C80H156O17P2. The molecule has 0 aliphatic heterocycles. The molecule has 3 N–H and O–H groups in total. The second kappa shape index (κ2) is 69.1. The lowest BCUT2D eigenvalue weighted by atomic mass is 9.99. The normalized spacial score (nSPS) is 14.6. The van der Waals surface area contributed by atoms with Crippen LogP contribution in [0.25, 0.3) is 0 Å². The Bertz CT molecular complexity index is 1940. The summed E-state index contributed by atoms with van der Waals surface area (Å²) >= 11 is 0. The summed E-state index contributed by atoms with van der Waals surface area (Å²) in [6, 6.07) is 0. The predicted octanol–water partition coefficient (Wildman–Crippen LogP) is 23.6. The van der Waals surface area contributed by atoms with Crippen molar-refractivity contribution in [2.45, 2.75) is 427 Å². The van der Waals surface area contributed by atoms with Gasteiger partial charge in [0, 0.05) is 25.7 Å². The first-order valence-corrected chi connectivity index (χ1v) is 44.3. The molecule has 0 aromatic carbocycles. The fraction of sp³-hybridized carbons (Fsp3) is 0.950. The SMILES string of the molecule is CCC(C)CCCCCCCCCCCCCCCCCCCCC(=O)OC[C@H](COP(=O)(O)OCC(O)COP(=O)(O)OC[C@@H](COC(=O)CCCCCCCCCC(C)C)OC(=O)CCCCCCCCC(C)CC)OC(=O)CCCCCCCCCCCCCCCCC(C)C. The van der Waals surface area contributed by atoms with Crippen LogP contribution in [0.2, 0.25) is 0 Å². The minimum Gasteiger partial charge on any atom is -0.462 e. The number of aliphatic hydroxyl groups excluding tert-OH is 1. The predicted molar refractivity (Wildman–Crippen MR) is 404 cm³/mol. The van der Waals surface area contributed by atoms with Gasteiger partial charge >= 0.3 is 39.5 Å². The summed E-state index contributed by atoms with van der Waals surface area (Å²) < 4.78 is 68.6. The van der Waals surface area contributed by atoms with E-state index >= 15 is 0 Å². The van der Waals surface area contributed by atoms with E-state index in [1.54, 1.807) is 0 Å². The molecule has 0 fully saturated rings. The van der Waals surface area contributed by atoms with Crippen LogP contribution in [0.4, 0.5) is 0 Å². The van der Waals surface area contributed by atoms with E-state index in [2.05, 4.69) is 55.4 Å². The lowest BCUT2D eigenvalue weighted by Gasteiger charge is -2.21. The molecule has 19 heteroatoms. The highest BCUT2D eigenvalue weighted by Crippen LogP contribution is 2.45. The Hall–Kier alpha value is -1.94. The highest BCUT2D eigenvalue weighted by atomic mass is 31.2. The molecule has 0 saturated carbocycles. The first-order chi connectivity index (χ1) is 47.7. The Morgan fingerprint density at radius 1 is 0.283 bits per heavy atom. The largest absolute Gasteiger partial charge is 0.472 e. The van der Waals surface area contributed by atoms with Gasteiger partial charge in [-0.15, -0.1) is 0 Å². The zero-order chi connectivity index (χ0) is 73.1. The molecule has 0 rings (SSSR count). The summed E-state index contributed by atoms with van der Waals surface area (Å²) in [6.07, 6.45) is 55.8. The molecule has 0 amide bonds. The Morgan fingerprint density at radius 3 is 0.717 bits per heavy atom. The van der Waals surface area contributed by atoms with E-state index in [0.29, 0.717) is 31.6 Å². The molecule has 0 radical (unpaired) electrons. The number of ether oxygens (including phenoxy) is 4. The molecule has 5 unspecified atom stereocenters. The number of hydrogen-bond acceptors (Lipinski definition) is 15. The van der Waals surface area contributed by atoms with Gasteiger partial charge in [-0.2, -0.15) is 0 Å². The zero-order valence-electron chi connectivity index (χ0n) is 65.1. The minimum atomic E-state index is -4.96. The third kappa shape index (κ3) is 71.5. The van der Waals surface area contributed by atoms with Crippen molar-refractivity contribution < 1.29 is 80.2 Å². The number of carbonyl (C=O) groups excluding carboxylic acids is 4. The van der Waals surface area contributed by atoms with Crippen molar-refractivity contribution in [1.82, 2.24) is 0 Å². The Labute approximate surface area is 607 Å². The van der Waals surface area contributed by atoms with Crippen molar-refractivity contribution in [1.29, 1.82) is 0 Å². The van der Waals surface area contributed by atoms with E-state index in [1.165, 1.54) is 205 Å². The maximum atomic E-state index is 13.1. The molecule has 0 aliphatic carbocycles. The third-order valence-electron chi connectivity index (χ3n) is 19.3. The topological polar surface area (TPSA) is 237 Å². The van der Waals surface area contributed by atoms with Crippen molar-refractivity contribution in [2.75, 3.05) is 39.6 Å². The van der Waals surface area contributed by atoms with Gasteiger partial charge in [-0.25, -0.2) is 9.13 Å². The minimum absolute atomic E-state index is 0.102. The Kier molecular flexibility index (Phi) is 67.8. The second-order valence-corrected chi connectivity index (χ2v) is 33.1. The quantitative estimate of drug-likeness (QED) is 0.0222. The number of aliphatic hydroxyl groups is 1. The highest BCUT2D eigenvalue weighted by Gasteiger charge is 2.30. The summed E-state index contributed by atoms with van der Waals surface area (Å²) in [5.74, 6) is 0.973. The maximum absolute atomic E-state index is 13.1. The number of phosphoric acid groups is 2. The van der Waals surface area contributed by atoms with Crippen molar-refractivity contribution in [2.24, 2.45) is 23.7 Å². The summed E-state index contributed by atoms with van der Waals surface area (Å²) in [4.78, 5) is 72.9. The summed E-state index contributed by atoms with van der Waals surface area (Å²) in [6.45, 7) is 14.2. The van der Waals surface area contributed by atoms with Crippen LogP contribution in [0.5, 0.6) is 0 Å². The summed E-state index contributed by atoms with van der Waals surface area (Å²) in [5.41, 5.74) is 0. The lowest BCUT2D eigenvalue weighted by molar-refractivity contribution is -0.161. The molecule has 7 atom stereocenters. The van der Waals surface area contributed by atoms with Crippen LogP contribution in [0.15, 0.2) is 0 Å². The molecule has 0 saturated heterocycles. The zero-order valence-corrected chi connectivity index (χ0v) is 66.9. The number of esters is 4. The lowest BCUT2D eigenvalue weighted by Crippen LogP contribution is -2.30. The average molecular weight is 1450 g/mol. The van der Waals surface area contributed by atoms with Gasteiger partial charge in [0.2, 0.25) is 0 Å². The molecule has 0 aromatic heterocycles. The van der Waals surface area contributed by atoms with Crippen LogP contribution in [-0.2, 0) is 65.4 Å². The molecular weight excluding hydrogens is 1290 g/mol. The first-order valence-electron chi connectivity index (χ1n) is 41.3.